The average molecular weight is 259 g/mol. The van der Waals surface area contributed by atoms with E-state index < -0.39 is 0 Å². The number of hydrogen-bond acceptors (Lipinski definition) is 2. The molecule has 0 amide bonds. The molecule has 1 aromatic rings. The summed E-state index contributed by atoms with van der Waals surface area (Å²) in [5.74, 6) is 0.953. The molecule has 0 spiro atoms. The normalized spacial score (nSPS) is 10.6. The van der Waals surface area contributed by atoms with Crippen LogP contribution in [0, 0.1) is 13.8 Å². The topological polar surface area (TPSA) is 35.1 Å². The number of aryl methyl sites for hydroxylation is 2. The van der Waals surface area contributed by atoms with Gasteiger partial charge in [0.15, 0.2) is 0 Å². The summed E-state index contributed by atoms with van der Waals surface area (Å²) in [7, 11) is 1.71. The first-order valence-electron chi connectivity index (χ1n) is 5.85. The van der Waals surface area contributed by atoms with Crippen LogP contribution in [0.5, 0.6) is 5.75 Å². The van der Waals surface area contributed by atoms with E-state index in [1.54, 1.807) is 7.11 Å². The Morgan fingerprint density at radius 1 is 1.12 bits per heavy atom. The van der Waals surface area contributed by atoms with Gasteiger partial charge in [-0.05, 0) is 37.1 Å². The minimum absolute atomic E-state index is 0.701. The fourth-order valence-electron chi connectivity index (χ4n) is 1.71. The summed E-state index contributed by atoms with van der Waals surface area (Å²) >= 11 is 5.97. The molecule has 0 bridgehead atoms. The number of ether oxygens (including phenoxy) is 2. The number of hydrogen-bond donors (Lipinski definition) is 1. The maximum Gasteiger partial charge on any atom is 0.137 e. The lowest BCUT2D eigenvalue weighted by Crippen LogP contribution is -2.86. The summed E-state index contributed by atoms with van der Waals surface area (Å²) in [5.41, 5.74) is 2.18. The Hall–Kier alpha value is -0.770. The van der Waals surface area contributed by atoms with Crippen LogP contribution in [0.15, 0.2) is 12.1 Å². The van der Waals surface area contributed by atoms with Crippen LogP contribution in [0.2, 0.25) is 5.02 Å². The molecular formula is C13H21ClNO2+. The maximum absolute atomic E-state index is 5.97. The van der Waals surface area contributed by atoms with Crippen molar-refractivity contribution in [1.29, 1.82) is 0 Å². The van der Waals surface area contributed by atoms with Crippen molar-refractivity contribution >= 4 is 11.6 Å². The SMILES string of the molecule is COCC[NH2+]CCOc1c(C)cc(Cl)cc1C. The number of rotatable bonds is 7. The molecule has 0 aromatic heterocycles. The molecule has 0 saturated carbocycles. The van der Waals surface area contributed by atoms with Gasteiger partial charge in [-0.25, -0.2) is 0 Å². The highest BCUT2D eigenvalue weighted by Crippen LogP contribution is 2.26. The molecule has 0 aliphatic rings. The van der Waals surface area contributed by atoms with Crippen LogP contribution in [0.25, 0.3) is 0 Å². The molecular weight excluding hydrogens is 238 g/mol. The molecule has 0 aliphatic carbocycles. The summed E-state index contributed by atoms with van der Waals surface area (Å²) < 4.78 is 10.7. The highest BCUT2D eigenvalue weighted by molar-refractivity contribution is 6.30. The number of halogens is 1. The fourth-order valence-corrected chi connectivity index (χ4v) is 2.04. The van der Waals surface area contributed by atoms with Crippen molar-refractivity contribution in [2.45, 2.75) is 13.8 Å². The predicted octanol–water partition coefficient (Wildman–Crippen LogP) is 1.55. The van der Waals surface area contributed by atoms with Crippen LogP contribution in [0.1, 0.15) is 11.1 Å². The van der Waals surface area contributed by atoms with Gasteiger partial charge in [0.25, 0.3) is 0 Å². The second-order valence-electron chi connectivity index (χ2n) is 4.08. The van der Waals surface area contributed by atoms with Gasteiger partial charge in [-0.2, -0.15) is 0 Å². The third kappa shape index (κ3) is 4.94. The molecule has 3 nitrogen and oxygen atoms in total. The maximum atomic E-state index is 5.97. The lowest BCUT2D eigenvalue weighted by atomic mass is 10.1. The minimum atomic E-state index is 0.701. The molecule has 0 saturated heterocycles. The van der Waals surface area contributed by atoms with Crippen molar-refractivity contribution in [2.75, 3.05) is 33.4 Å². The van der Waals surface area contributed by atoms with Gasteiger partial charge in [0.2, 0.25) is 0 Å². The summed E-state index contributed by atoms with van der Waals surface area (Å²) in [4.78, 5) is 0. The Labute approximate surface area is 108 Å². The van der Waals surface area contributed by atoms with E-state index in [1.165, 1.54) is 0 Å². The van der Waals surface area contributed by atoms with E-state index in [2.05, 4.69) is 5.32 Å². The molecule has 1 rings (SSSR count). The second-order valence-corrected chi connectivity index (χ2v) is 4.51. The smallest absolute Gasteiger partial charge is 0.137 e. The van der Waals surface area contributed by atoms with Crippen molar-refractivity contribution in [3.8, 4) is 5.75 Å². The van der Waals surface area contributed by atoms with E-state index in [1.807, 2.05) is 26.0 Å². The van der Waals surface area contributed by atoms with Gasteiger partial charge < -0.3 is 14.8 Å². The predicted molar refractivity (Wildman–Crippen MR) is 70.0 cm³/mol. The molecule has 4 heteroatoms. The van der Waals surface area contributed by atoms with Crippen molar-refractivity contribution in [2.24, 2.45) is 0 Å². The first kappa shape index (κ1) is 14.3. The van der Waals surface area contributed by atoms with E-state index in [0.717, 1.165) is 41.6 Å². The Balaban J connectivity index is 2.36. The van der Waals surface area contributed by atoms with Crippen molar-refractivity contribution in [3.63, 3.8) is 0 Å². The summed E-state index contributed by atoms with van der Waals surface area (Å²) in [6.07, 6.45) is 0. The molecule has 0 radical (unpaired) electrons. The van der Waals surface area contributed by atoms with Crippen LogP contribution < -0.4 is 10.1 Å². The summed E-state index contributed by atoms with van der Waals surface area (Å²) in [6.45, 7) is 7.42. The zero-order chi connectivity index (χ0) is 12.7. The van der Waals surface area contributed by atoms with Gasteiger partial charge in [0.05, 0.1) is 13.2 Å². The van der Waals surface area contributed by atoms with Crippen LogP contribution >= 0.6 is 11.6 Å². The average Bonchev–Trinajstić information content (AvgIpc) is 2.26. The van der Waals surface area contributed by atoms with Crippen molar-refractivity contribution < 1.29 is 14.8 Å². The monoisotopic (exact) mass is 258 g/mol. The third-order valence-electron chi connectivity index (χ3n) is 2.52. The second kappa shape index (κ2) is 7.54. The van der Waals surface area contributed by atoms with Gasteiger partial charge in [0.1, 0.15) is 18.9 Å². The van der Waals surface area contributed by atoms with E-state index in [4.69, 9.17) is 21.1 Å². The third-order valence-corrected chi connectivity index (χ3v) is 2.74. The molecule has 2 N–H and O–H groups in total. The largest absolute Gasteiger partial charge is 0.487 e. The van der Waals surface area contributed by atoms with Crippen molar-refractivity contribution in [3.05, 3.63) is 28.3 Å². The zero-order valence-electron chi connectivity index (χ0n) is 10.8. The first-order valence-corrected chi connectivity index (χ1v) is 6.23. The lowest BCUT2D eigenvalue weighted by Gasteiger charge is -2.12. The fraction of sp³-hybridized carbons (Fsp3) is 0.538. The molecule has 0 aliphatic heterocycles. The molecule has 0 fully saturated rings. The van der Waals surface area contributed by atoms with Gasteiger partial charge in [-0.3, -0.25) is 0 Å². The first-order chi connectivity index (χ1) is 8.15. The van der Waals surface area contributed by atoms with E-state index in [9.17, 15) is 0 Å². The van der Waals surface area contributed by atoms with Crippen LogP contribution in [-0.4, -0.2) is 33.4 Å². The Morgan fingerprint density at radius 3 is 2.29 bits per heavy atom. The Morgan fingerprint density at radius 2 is 1.71 bits per heavy atom. The van der Waals surface area contributed by atoms with Crippen LogP contribution in [-0.2, 0) is 4.74 Å². The van der Waals surface area contributed by atoms with Crippen LogP contribution in [0.4, 0.5) is 0 Å². The van der Waals surface area contributed by atoms with Gasteiger partial charge >= 0.3 is 0 Å². The highest BCUT2D eigenvalue weighted by atomic mass is 35.5. The number of nitrogens with two attached hydrogens (primary N) is 1. The molecule has 1 aromatic carbocycles. The molecule has 96 valence electrons. The standard InChI is InChI=1S/C13H20ClNO2/c1-10-8-12(14)9-11(2)13(10)17-7-5-15-4-6-16-3/h8-9,15H,4-7H2,1-3H3/p+1. The number of benzene rings is 1. The van der Waals surface area contributed by atoms with E-state index >= 15 is 0 Å². The van der Waals surface area contributed by atoms with Gasteiger partial charge in [-0.15, -0.1) is 0 Å². The quantitative estimate of drug-likeness (QED) is 0.753. The van der Waals surface area contributed by atoms with Crippen LogP contribution in [0.3, 0.4) is 0 Å². The highest BCUT2D eigenvalue weighted by Gasteiger charge is 2.05. The Kier molecular flexibility index (Phi) is 6.34. The Bertz CT molecular complexity index is 332. The summed E-state index contributed by atoms with van der Waals surface area (Å²) in [6, 6.07) is 3.86. The van der Waals surface area contributed by atoms with Crippen molar-refractivity contribution in [1.82, 2.24) is 0 Å². The van der Waals surface area contributed by atoms with Gasteiger partial charge in [0, 0.05) is 12.1 Å². The molecule has 0 atom stereocenters. The lowest BCUT2D eigenvalue weighted by molar-refractivity contribution is -0.656. The van der Waals surface area contributed by atoms with Gasteiger partial charge in [-0.1, -0.05) is 11.6 Å². The number of quaternary nitrogens is 1. The van der Waals surface area contributed by atoms with E-state index in [-0.39, 0.29) is 0 Å². The molecule has 0 unspecified atom stereocenters. The number of methoxy groups -OCH3 is 1. The zero-order valence-corrected chi connectivity index (χ0v) is 11.5. The molecule has 0 heterocycles. The minimum Gasteiger partial charge on any atom is -0.487 e. The van der Waals surface area contributed by atoms with E-state index in [0.29, 0.717) is 6.61 Å². The molecule has 17 heavy (non-hydrogen) atoms. The summed E-state index contributed by atoms with van der Waals surface area (Å²) in [5, 5.41) is 2.95.